The summed E-state index contributed by atoms with van der Waals surface area (Å²) < 4.78 is 86.9. The number of alkyl carbamates (subject to hydrolysis) is 1. The third-order valence-corrected chi connectivity index (χ3v) is 19.4. The van der Waals surface area contributed by atoms with Crippen LogP contribution in [0.4, 0.5) is 9.59 Å². The fraction of sp³-hybridized carbons (Fsp3) is 0.652. The number of ether oxygens (including phenoxy) is 2. The van der Waals surface area contributed by atoms with Crippen molar-refractivity contribution in [1.82, 2.24) is 10.2 Å². The zero-order chi connectivity index (χ0) is 52.4. The zero-order valence-corrected chi connectivity index (χ0v) is 41.7. The lowest BCUT2D eigenvalue weighted by atomic mass is 10.0. The molecule has 0 bridgehead atoms. The molecule has 2 aromatic carbocycles. The van der Waals surface area contributed by atoms with Gasteiger partial charge in [0.2, 0.25) is 0 Å². The van der Waals surface area contributed by atoms with Crippen LogP contribution in [-0.2, 0) is 31.2 Å². The molecule has 0 radical (unpaired) electrons. The van der Waals surface area contributed by atoms with E-state index in [0.29, 0.717) is 29.5 Å². The summed E-state index contributed by atoms with van der Waals surface area (Å²) in [5.41, 5.74) is 3.23. The van der Waals surface area contributed by atoms with Crippen molar-refractivity contribution in [3.8, 4) is 12.1 Å². The molecule has 1 N–H and O–H groups in total. The van der Waals surface area contributed by atoms with Gasteiger partial charge in [-0.25, -0.2) is 9.59 Å². The van der Waals surface area contributed by atoms with Crippen LogP contribution in [0.3, 0.4) is 0 Å². The SMILES string of the molecule is CC(C)(C)OC(=O)N[C@H]1CCc2c(C#N)cccc21.[2H]C([2H])(Br)C([2H])([2H])O[Si](C)(C)C(C)(C)C.[2H]C([2H])(O[Si](C)(C)C(C)(C)C)C([2H])([2H])N(C(=O)OC(C)(C)C)[C@H]1CCc2c(C#N)cccc21. The molecular formula is C46H73BrN4O6Si2. The average molecular weight is 922 g/mol. The number of benzene rings is 2. The highest BCUT2D eigenvalue weighted by Crippen LogP contribution is 2.40. The number of hydrogen-bond acceptors (Lipinski definition) is 8. The van der Waals surface area contributed by atoms with E-state index in [1.54, 1.807) is 39.0 Å². The highest BCUT2D eigenvalue weighted by molar-refractivity contribution is 9.09. The standard InChI is InChI=1S/C23H36N2O3Si.C15H18N2O2.C8H19BrOSi/c1-22(2,3)28-21(26)25(14-15-27-29(7,8)23(4,5)6)20-13-12-18-17(16-24)10-9-11-19(18)20;1-15(2,3)19-14(18)17-13-8-7-11-10(9-16)5-4-6-12(11)13;1-8(2,3)11(4,5)10-7-6-9/h9-11,20H,12-15H2,1-8H3;4-6,13H,7-8H2,1-3H3,(H,17,18);6-7H2,1-5H3/t20-;13-;/m00./s1/i14D2,15D2;;6D2,7D2. The first kappa shape index (κ1) is 39.9. The second-order valence-electron chi connectivity index (χ2n) is 19.7. The second-order valence-corrected chi connectivity index (χ2v) is 29.6. The number of alkyl halides is 1. The topological polar surface area (TPSA) is 134 Å². The molecule has 0 saturated carbocycles. The van der Waals surface area contributed by atoms with Gasteiger partial charge in [-0.15, -0.1) is 0 Å². The van der Waals surface area contributed by atoms with Crippen LogP contribution in [-0.4, -0.2) is 69.8 Å². The van der Waals surface area contributed by atoms with Gasteiger partial charge < -0.3 is 23.6 Å². The average Bonchev–Trinajstić information content (AvgIpc) is 3.72. The number of fused-ring (bicyclic) bond motifs is 2. The van der Waals surface area contributed by atoms with Gasteiger partial charge >= 0.3 is 12.2 Å². The van der Waals surface area contributed by atoms with Gasteiger partial charge in [0, 0.05) is 21.1 Å². The van der Waals surface area contributed by atoms with Gasteiger partial charge in [-0.05, 0) is 138 Å². The van der Waals surface area contributed by atoms with Gasteiger partial charge in [0.1, 0.15) is 11.2 Å². The molecule has 2 aliphatic rings. The number of carbonyl (C=O) groups is 2. The summed E-state index contributed by atoms with van der Waals surface area (Å²) in [6.07, 6.45) is 1.09. The van der Waals surface area contributed by atoms with Crippen LogP contribution in [0.25, 0.3) is 0 Å². The smallest absolute Gasteiger partial charge is 0.410 e. The lowest BCUT2D eigenvalue weighted by Gasteiger charge is -2.38. The second kappa shape index (κ2) is 21.0. The number of amides is 2. The lowest BCUT2D eigenvalue weighted by Crippen LogP contribution is -2.45. The van der Waals surface area contributed by atoms with Crippen molar-refractivity contribution in [2.45, 2.75) is 168 Å². The minimum atomic E-state index is -2.85. The van der Waals surface area contributed by atoms with E-state index < -0.39 is 71.0 Å². The number of rotatable bonds is 9. The van der Waals surface area contributed by atoms with Crippen LogP contribution in [0.5, 0.6) is 0 Å². The first-order valence-electron chi connectivity index (χ1n) is 24.0. The Morgan fingerprint density at radius 1 is 0.763 bits per heavy atom. The highest BCUT2D eigenvalue weighted by Gasteiger charge is 2.39. The summed E-state index contributed by atoms with van der Waals surface area (Å²) in [5, 5.41) is 18.7. The molecule has 2 amide bonds. The van der Waals surface area contributed by atoms with Crippen LogP contribution >= 0.6 is 15.9 Å². The number of carbonyl (C=O) groups excluding carboxylic acids is 2. The number of nitrogens with one attached hydrogen (secondary N) is 1. The maximum atomic E-state index is 13.4. The Labute approximate surface area is 378 Å². The normalized spacial score (nSPS) is 19.4. The number of nitrogens with zero attached hydrogens (tertiary/aromatic N) is 3. The molecule has 2 atom stereocenters. The van der Waals surface area contributed by atoms with Crippen molar-refractivity contribution < 1.29 is 38.9 Å². The minimum absolute atomic E-state index is 0.0573. The molecule has 0 spiro atoms. The fourth-order valence-corrected chi connectivity index (χ4v) is 7.03. The predicted molar refractivity (Wildman–Crippen MR) is 247 cm³/mol. The van der Waals surface area contributed by atoms with Crippen molar-refractivity contribution in [3.63, 3.8) is 0 Å². The Morgan fingerprint density at radius 3 is 1.68 bits per heavy atom. The Kier molecular flexibility index (Phi) is 14.2. The molecular weight excluding hydrogens is 841 g/mol. The number of hydrogen-bond donors (Lipinski definition) is 1. The Bertz CT molecular complexity index is 2140. The zero-order valence-electron chi connectivity index (χ0n) is 46.1. The summed E-state index contributed by atoms with van der Waals surface area (Å²) in [6, 6.07) is 14.3. The van der Waals surface area contributed by atoms with E-state index in [-0.39, 0.29) is 16.1 Å². The molecule has 2 aromatic rings. The molecule has 59 heavy (non-hydrogen) atoms. The summed E-state index contributed by atoms with van der Waals surface area (Å²) >= 11 is 2.68. The summed E-state index contributed by atoms with van der Waals surface area (Å²) in [7, 11) is -5.04. The lowest BCUT2D eigenvalue weighted by molar-refractivity contribution is 0.0125. The Hall–Kier alpha value is -3.21. The molecule has 0 fully saturated rings. The first-order valence-corrected chi connectivity index (χ1v) is 26.6. The van der Waals surface area contributed by atoms with Crippen LogP contribution in [0.2, 0.25) is 36.3 Å². The van der Waals surface area contributed by atoms with E-state index in [9.17, 15) is 14.9 Å². The van der Waals surface area contributed by atoms with Crippen LogP contribution < -0.4 is 5.32 Å². The molecule has 13 heteroatoms. The van der Waals surface area contributed by atoms with Crippen LogP contribution in [0.1, 0.15) is 152 Å². The van der Waals surface area contributed by atoms with Crippen molar-refractivity contribution in [1.29, 1.82) is 10.5 Å². The summed E-state index contributed by atoms with van der Waals surface area (Å²) in [4.78, 5) is 26.0. The third-order valence-electron chi connectivity index (χ3n) is 10.8. The predicted octanol–water partition coefficient (Wildman–Crippen LogP) is 12.3. The Balaban J connectivity index is 0.000000382. The van der Waals surface area contributed by atoms with Crippen molar-refractivity contribution in [3.05, 3.63) is 69.8 Å². The third kappa shape index (κ3) is 15.6. The molecule has 0 aliphatic heterocycles. The molecule has 10 nitrogen and oxygen atoms in total. The van der Waals surface area contributed by atoms with Gasteiger partial charge in [-0.3, -0.25) is 4.90 Å². The van der Waals surface area contributed by atoms with Gasteiger partial charge in [0.05, 0.1) is 50.1 Å². The maximum Gasteiger partial charge on any atom is 0.410 e. The van der Waals surface area contributed by atoms with Crippen molar-refractivity contribution >= 4 is 44.8 Å². The van der Waals surface area contributed by atoms with Gasteiger partial charge in [0.15, 0.2) is 16.6 Å². The van der Waals surface area contributed by atoms with Gasteiger partial charge in [-0.2, -0.15) is 10.5 Å². The molecule has 0 saturated heterocycles. The summed E-state index contributed by atoms with van der Waals surface area (Å²) in [5.74, 6) is 0. The molecule has 4 rings (SSSR count). The molecule has 2 aliphatic carbocycles. The highest BCUT2D eigenvalue weighted by atomic mass is 79.9. The quantitative estimate of drug-likeness (QED) is 0.194. The Morgan fingerprint density at radius 2 is 1.22 bits per heavy atom. The molecule has 0 aromatic heterocycles. The van der Waals surface area contributed by atoms with E-state index in [1.165, 1.54) is 0 Å². The summed E-state index contributed by atoms with van der Waals surface area (Å²) in [6.45, 7) is 21.8. The van der Waals surface area contributed by atoms with E-state index in [1.807, 2.05) is 107 Å². The minimum Gasteiger partial charge on any atom is -0.444 e. The number of halogens is 1. The monoisotopic (exact) mass is 920 g/mol. The first-order chi connectivity index (χ1) is 29.9. The van der Waals surface area contributed by atoms with Crippen LogP contribution in [0.15, 0.2) is 36.4 Å². The van der Waals surface area contributed by atoms with E-state index >= 15 is 0 Å². The van der Waals surface area contributed by atoms with E-state index in [0.717, 1.165) is 34.4 Å². The van der Waals surface area contributed by atoms with E-state index in [4.69, 9.17) is 34.6 Å². The van der Waals surface area contributed by atoms with E-state index in [2.05, 4.69) is 33.4 Å². The molecule has 328 valence electrons. The van der Waals surface area contributed by atoms with Crippen molar-refractivity contribution in [2.75, 3.05) is 24.9 Å². The largest absolute Gasteiger partial charge is 0.444 e. The van der Waals surface area contributed by atoms with Gasteiger partial charge in [-0.1, -0.05) is 81.7 Å². The van der Waals surface area contributed by atoms with Gasteiger partial charge in [0.25, 0.3) is 0 Å². The fourth-order valence-electron chi connectivity index (χ4n) is 5.58. The molecule has 0 heterocycles. The van der Waals surface area contributed by atoms with Crippen molar-refractivity contribution in [2.24, 2.45) is 0 Å². The number of nitriles is 2. The maximum absolute atomic E-state index is 13.4. The van der Waals surface area contributed by atoms with Crippen LogP contribution in [0, 0.1) is 22.7 Å². The molecule has 0 unspecified atom stereocenters.